The zero-order chi connectivity index (χ0) is 16.8. The zero-order valence-corrected chi connectivity index (χ0v) is 14.1. The average Bonchev–Trinajstić information content (AvgIpc) is 2.46. The minimum Gasteiger partial charge on any atom is -0.497 e. The van der Waals surface area contributed by atoms with Gasteiger partial charge in [-0.2, -0.15) is 4.72 Å². The van der Waals surface area contributed by atoms with Gasteiger partial charge >= 0.3 is 5.97 Å². The van der Waals surface area contributed by atoms with Crippen LogP contribution in [-0.2, 0) is 19.6 Å². The number of carbonyl (C=O) groups is 1. The smallest absolute Gasteiger partial charge is 0.324 e. The molecule has 0 aliphatic rings. The van der Waals surface area contributed by atoms with E-state index < -0.39 is 22.0 Å². The van der Waals surface area contributed by atoms with Crippen molar-refractivity contribution in [1.82, 2.24) is 4.72 Å². The van der Waals surface area contributed by atoms with Crippen LogP contribution in [0.15, 0.2) is 29.2 Å². The molecule has 1 aromatic carbocycles. The SMILES string of the molecule is CCOC(=O)[C@H](CC(C)C)NS(=O)(=O)c1ccc(OC)cc1. The third kappa shape index (κ3) is 5.31. The Balaban J connectivity index is 2.95. The van der Waals surface area contributed by atoms with Crippen LogP contribution in [-0.4, -0.2) is 34.1 Å². The number of nitrogens with one attached hydrogen (secondary N) is 1. The van der Waals surface area contributed by atoms with Gasteiger partial charge in [0.25, 0.3) is 0 Å². The molecule has 0 spiro atoms. The first-order chi connectivity index (χ1) is 10.3. The minimum atomic E-state index is -3.80. The van der Waals surface area contributed by atoms with Gasteiger partial charge in [-0.3, -0.25) is 4.79 Å². The highest BCUT2D eigenvalue weighted by Gasteiger charge is 2.27. The Morgan fingerprint density at radius 2 is 1.82 bits per heavy atom. The molecule has 1 aromatic rings. The topological polar surface area (TPSA) is 81.7 Å². The fraction of sp³-hybridized carbons (Fsp3) is 0.533. The monoisotopic (exact) mass is 329 g/mol. The first-order valence-electron chi connectivity index (χ1n) is 7.13. The van der Waals surface area contributed by atoms with E-state index in [1.54, 1.807) is 19.1 Å². The highest BCUT2D eigenvalue weighted by atomic mass is 32.2. The number of benzene rings is 1. The maximum absolute atomic E-state index is 12.4. The summed E-state index contributed by atoms with van der Waals surface area (Å²) in [6.45, 7) is 5.71. The van der Waals surface area contributed by atoms with Crippen LogP contribution in [0.2, 0.25) is 0 Å². The second kappa shape index (κ2) is 8.14. The van der Waals surface area contributed by atoms with Crippen molar-refractivity contribution in [3.8, 4) is 5.75 Å². The fourth-order valence-corrected chi connectivity index (χ4v) is 3.11. The molecule has 0 aliphatic heterocycles. The van der Waals surface area contributed by atoms with Crippen molar-refractivity contribution in [3.05, 3.63) is 24.3 Å². The van der Waals surface area contributed by atoms with Crippen LogP contribution in [0.3, 0.4) is 0 Å². The summed E-state index contributed by atoms with van der Waals surface area (Å²) < 4.78 is 37.1. The molecule has 0 unspecified atom stereocenters. The van der Waals surface area contributed by atoms with Crippen LogP contribution < -0.4 is 9.46 Å². The van der Waals surface area contributed by atoms with Crippen LogP contribution in [0.25, 0.3) is 0 Å². The van der Waals surface area contributed by atoms with Crippen molar-refractivity contribution in [3.63, 3.8) is 0 Å². The van der Waals surface area contributed by atoms with Gasteiger partial charge in [-0.05, 0) is 43.5 Å². The van der Waals surface area contributed by atoms with Gasteiger partial charge in [-0.1, -0.05) is 13.8 Å². The maximum Gasteiger partial charge on any atom is 0.324 e. The highest BCUT2D eigenvalue weighted by Crippen LogP contribution is 2.17. The van der Waals surface area contributed by atoms with Crippen molar-refractivity contribution in [2.24, 2.45) is 5.92 Å². The minimum absolute atomic E-state index is 0.0753. The number of methoxy groups -OCH3 is 1. The number of carbonyl (C=O) groups excluding carboxylic acids is 1. The molecule has 0 aromatic heterocycles. The van der Waals surface area contributed by atoms with E-state index in [1.807, 2.05) is 13.8 Å². The van der Waals surface area contributed by atoms with Crippen LogP contribution >= 0.6 is 0 Å². The number of sulfonamides is 1. The van der Waals surface area contributed by atoms with E-state index in [9.17, 15) is 13.2 Å². The van der Waals surface area contributed by atoms with Crippen molar-refractivity contribution < 1.29 is 22.7 Å². The summed E-state index contributed by atoms with van der Waals surface area (Å²) in [4.78, 5) is 12.0. The van der Waals surface area contributed by atoms with Crippen LogP contribution in [0.5, 0.6) is 5.75 Å². The molecule has 1 rings (SSSR count). The molecule has 1 atom stereocenters. The highest BCUT2D eigenvalue weighted by molar-refractivity contribution is 7.89. The Kier molecular flexibility index (Phi) is 6.83. The summed E-state index contributed by atoms with van der Waals surface area (Å²) in [5, 5.41) is 0. The molecule has 0 fully saturated rings. The van der Waals surface area contributed by atoms with Gasteiger partial charge in [0.2, 0.25) is 10.0 Å². The van der Waals surface area contributed by atoms with Gasteiger partial charge in [0, 0.05) is 0 Å². The van der Waals surface area contributed by atoms with Crippen LogP contribution in [0.4, 0.5) is 0 Å². The molecule has 1 N–H and O–H groups in total. The summed E-state index contributed by atoms with van der Waals surface area (Å²) >= 11 is 0. The summed E-state index contributed by atoms with van der Waals surface area (Å²) in [6, 6.07) is 5.07. The third-order valence-corrected chi connectivity index (χ3v) is 4.43. The second-order valence-electron chi connectivity index (χ2n) is 5.23. The first-order valence-corrected chi connectivity index (χ1v) is 8.61. The van der Waals surface area contributed by atoms with Gasteiger partial charge < -0.3 is 9.47 Å². The molecule has 6 nitrogen and oxygen atoms in total. The Hall–Kier alpha value is -1.60. The van der Waals surface area contributed by atoms with Crippen molar-refractivity contribution in [2.75, 3.05) is 13.7 Å². The second-order valence-corrected chi connectivity index (χ2v) is 6.94. The molecule has 7 heteroatoms. The van der Waals surface area contributed by atoms with Crippen LogP contribution in [0.1, 0.15) is 27.2 Å². The third-order valence-electron chi connectivity index (χ3n) is 2.95. The predicted octanol–water partition coefficient (Wildman–Crippen LogP) is 1.95. The van der Waals surface area contributed by atoms with E-state index in [2.05, 4.69) is 4.72 Å². The van der Waals surface area contributed by atoms with Gasteiger partial charge in [0.05, 0.1) is 18.6 Å². The lowest BCUT2D eigenvalue weighted by molar-refractivity contribution is -0.145. The first kappa shape index (κ1) is 18.4. The summed E-state index contributed by atoms with van der Waals surface area (Å²) in [5.41, 5.74) is 0. The summed E-state index contributed by atoms with van der Waals surface area (Å²) in [5.74, 6) is 0.143. The molecule has 0 saturated carbocycles. The lowest BCUT2D eigenvalue weighted by Crippen LogP contribution is -2.42. The number of rotatable bonds is 8. The number of hydrogen-bond donors (Lipinski definition) is 1. The van der Waals surface area contributed by atoms with E-state index in [-0.39, 0.29) is 17.4 Å². The normalized spacial score (nSPS) is 13.0. The number of hydrogen-bond acceptors (Lipinski definition) is 5. The van der Waals surface area contributed by atoms with Gasteiger partial charge in [-0.25, -0.2) is 8.42 Å². The molecular weight excluding hydrogens is 306 g/mol. The Morgan fingerprint density at radius 1 is 1.23 bits per heavy atom. The Bertz CT molecular complexity index is 580. The molecule has 0 heterocycles. The molecule has 0 saturated heterocycles. The largest absolute Gasteiger partial charge is 0.497 e. The molecule has 0 radical (unpaired) electrons. The lowest BCUT2D eigenvalue weighted by atomic mass is 10.1. The van der Waals surface area contributed by atoms with E-state index >= 15 is 0 Å². The molecule has 0 amide bonds. The predicted molar refractivity (Wildman–Crippen MR) is 83.2 cm³/mol. The quantitative estimate of drug-likeness (QED) is 0.737. The van der Waals surface area contributed by atoms with Crippen molar-refractivity contribution in [1.29, 1.82) is 0 Å². The van der Waals surface area contributed by atoms with Crippen molar-refractivity contribution in [2.45, 2.75) is 38.1 Å². The van der Waals surface area contributed by atoms with Crippen molar-refractivity contribution >= 4 is 16.0 Å². The van der Waals surface area contributed by atoms with Crippen LogP contribution in [0, 0.1) is 5.92 Å². The maximum atomic E-state index is 12.4. The fourth-order valence-electron chi connectivity index (χ4n) is 1.92. The molecule has 22 heavy (non-hydrogen) atoms. The van der Waals surface area contributed by atoms with E-state index in [0.29, 0.717) is 12.2 Å². The van der Waals surface area contributed by atoms with Gasteiger partial charge in [-0.15, -0.1) is 0 Å². The molecule has 124 valence electrons. The van der Waals surface area contributed by atoms with Gasteiger partial charge in [0.15, 0.2) is 0 Å². The summed E-state index contributed by atoms with van der Waals surface area (Å²) in [6.07, 6.45) is 0.369. The Labute approximate surface area is 131 Å². The lowest BCUT2D eigenvalue weighted by Gasteiger charge is -2.19. The van der Waals surface area contributed by atoms with E-state index in [1.165, 1.54) is 19.2 Å². The summed E-state index contributed by atoms with van der Waals surface area (Å²) in [7, 11) is -2.30. The van der Waals surface area contributed by atoms with E-state index in [4.69, 9.17) is 9.47 Å². The number of ether oxygens (including phenoxy) is 2. The standard InChI is InChI=1S/C15H23NO5S/c1-5-21-15(17)14(10-11(2)3)16-22(18,19)13-8-6-12(20-4)7-9-13/h6-9,11,14,16H,5,10H2,1-4H3/t14-/m0/s1. The Morgan fingerprint density at radius 3 is 2.27 bits per heavy atom. The average molecular weight is 329 g/mol. The number of esters is 1. The molecule has 0 aliphatic carbocycles. The zero-order valence-electron chi connectivity index (χ0n) is 13.3. The molecule has 0 bridgehead atoms. The van der Waals surface area contributed by atoms with E-state index in [0.717, 1.165) is 0 Å². The molecular formula is C15H23NO5S. The van der Waals surface area contributed by atoms with Gasteiger partial charge in [0.1, 0.15) is 11.8 Å².